The molecule has 1 aromatic heterocycles. The summed E-state index contributed by atoms with van der Waals surface area (Å²) in [6.07, 6.45) is 2.38. The standard InChI is InChI=1S/C21H33N9/c1-3-28-10-4-5-18(28)15-30(21-25-19(22)24-20(23)26-21)17-8-6-16(7-9-17)29-13-11-27(2)12-14-29/h6-9,18H,3-5,10-15H2,1-2H3,(H4,22,23,24,25,26). The van der Waals surface area contributed by atoms with Gasteiger partial charge in [-0.2, -0.15) is 15.0 Å². The van der Waals surface area contributed by atoms with Gasteiger partial charge >= 0.3 is 0 Å². The highest BCUT2D eigenvalue weighted by atomic mass is 15.3. The molecule has 4 N–H and O–H groups in total. The van der Waals surface area contributed by atoms with E-state index in [0.717, 1.165) is 51.5 Å². The minimum atomic E-state index is 0.148. The highest BCUT2D eigenvalue weighted by Crippen LogP contribution is 2.29. The summed E-state index contributed by atoms with van der Waals surface area (Å²) in [5, 5.41) is 0. The van der Waals surface area contributed by atoms with Crippen molar-refractivity contribution in [3.05, 3.63) is 24.3 Å². The summed E-state index contributed by atoms with van der Waals surface area (Å²) >= 11 is 0. The number of hydrogen-bond acceptors (Lipinski definition) is 9. The molecule has 0 aliphatic carbocycles. The van der Waals surface area contributed by atoms with Gasteiger partial charge in [-0.25, -0.2) is 0 Å². The van der Waals surface area contributed by atoms with Crippen LogP contribution in [0.15, 0.2) is 24.3 Å². The number of aromatic nitrogens is 3. The van der Waals surface area contributed by atoms with Gasteiger partial charge in [0.15, 0.2) is 0 Å². The maximum absolute atomic E-state index is 5.88. The molecule has 1 atom stereocenters. The number of piperazine rings is 1. The zero-order chi connectivity index (χ0) is 21.1. The lowest BCUT2D eigenvalue weighted by Gasteiger charge is -2.34. The molecule has 1 unspecified atom stereocenters. The molecule has 2 aromatic rings. The van der Waals surface area contributed by atoms with E-state index in [1.54, 1.807) is 0 Å². The third kappa shape index (κ3) is 4.57. The van der Waals surface area contributed by atoms with Crippen LogP contribution in [0, 0.1) is 0 Å². The van der Waals surface area contributed by atoms with Gasteiger partial charge in [-0.3, -0.25) is 4.90 Å². The van der Waals surface area contributed by atoms with Crippen LogP contribution in [-0.4, -0.2) is 83.7 Å². The second kappa shape index (κ2) is 9.01. The lowest BCUT2D eigenvalue weighted by molar-refractivity contribution is 0.271. The Bertz CT molecular complexity index is 813. The Kier molecular flexibility index (Phi) is 6.19. The molecule has 0 bridgehead atoms. The molecular formula is C21H33N9. The van der Waals surface area contributed by atoms with Gasteiger partial charge in [0.25, 0.3) is 0 Å². The first kappa shape index (κ1) is 20.6. The molecule has 2 aliphatic rings. The molecule has 2 aliphatic heterocycles. The van der Waals surface area contributed by atoms with Gasteiger partial charge in [0.2, 0.25) is 17.8 Å². The summed E-state index contributed by atoms with van der Waals surface area (Å²) in [5.74, 6) is 0.806. The highest BCUT2D eigenvalue weighted by molar-refractivity contribution is 5.63. The highest BCUT2D eigenvalue weighted by Gasteiger charge is 2.27. The first-order valence-electron chi connectivity index (χ1n) is 10.9. The molecule has 3 heterocycles. The predicted molar refractivity (Wildman–Crippen MR) is 122 cm³/mol. The van der Waals surface area contributed by atoms with Crippen LogP contribution in [-0.2, 0) is 0 Å². The molecular weight excluding hydrogens is 378 g/mol. The lowest BCUT2D eigenvalue weighted by Crippen LogP contribution is -2.44. The Morgan fingerprint density at radius 1 is 0.967 bits per heavy atom. The summed E-state index contributed by atoms with van der Waals surface area (Å²) in [6.45, 7) is 9.47. The van der Waals surface area contributed by atoms with E-state index in [0.29, 0.717) is 12.0 Å². The zero-order valence-corrected chi connectivity index (χ0v) is 18.0. The fraction of sp³-hybridized carbons (Fsp3) is 0.571. The van der Waals surface area contributed by atoms with Crippen LogP contribution in [0.2, 0.25) is 0 Å². The molecule has 162 valence electrons. The van der Waals surface area contributed by atoms with E-state index < -0.39 is 0 Å². The average molecular weight is 412 g/mol. The molecule has 30 heavy (non-hydrogen) atoms. The number of benzene rings is 1. The number of nitrogens with zero attached hydrogens (tertiary/aromatic N) is 7. The van der Waals surface area contributed by atoms with Gasteiger partial charge in [0, 0.05) is 50.1 Å². The van der Waals surface area contributed by atoms with Gasteiger partial charge in [0.1, 0.15) is 0 Å². The third-order valence-corrected chi connectivity index (χ3v) is 6.23. The fourth-order valence-corrected chi connectivity index (χ4v) is 4.46. The van der Waals surface area contributed by atoms with Crippen LogP contribution < -0.4 is 21.3 Å². The molecule has 1 aromatic carbocycles. The first-order chi connectivity index (χ1) is 14.5. The predicted octanol–water partition coefficient (Wildman–Crippen LogP) is 1.41. The summed E-state index contributed by atoms with van der Waals surface area (Å²) in [6, 6.07) is 9.12. The van der Waals surface area contributed by atoms with E-state index in [9.17, 15) is 0 Å². The van der Waals surface area contributed by atoms with Crippen molar-refractivity contribution in [1.82, 2.24) is 24.8 Å². The van der Waals surface area contributed by atoms with Crippen molar-refractivity contribution in [2.75, 3.05) is 74.1 Å². The quantitative estimate of drug-likeness (QED) is 0.730. The molecule has 0 saturated carbocycles. The summed E-state index contributed by atoms with van der Waals surface area (Å²) in [4.78, 5) is 22.2. The Labute approximate surface area is 178 Å². The number of hydrogen-bond donors (Lipinski definition) is 2. The van der Waals surface area contributed by atoms with E-state index in [2.05, 4.69) is 72.8 Å². The normalized spacial score (nSPS) is 20.6. The van der Waals surface area contributed by atoms with Gasteiger partial charge in [0.05, 0.1) is 0 Å². The Hall–Kier alpha value is -2.65. The van der Waals surface area contributed by atoms with Crippen molar-refractivity contribution in [3.63, 3.8) is 0 Å². The number of nitrogen functional groups attached to an aromatic ring is 2. The SMILES string of the molecule is CCN1CCCC1CN(c1ccc(N2CCN(C)CC2)cc1)c1nc(N)nc(N)n1. The smallest absolute Gasteiger partial charge is 0.236 e. The van der Waals surface area contributed by atoms with Crippen molar-refractivity contribution in [2.24, 2.45) is 0 Å². The topological polar surface area (TPSA) is 104 Å². The maximum Gasteiger partial charge on any atom is 0.236 e. The number of anilines is 5. The van der Waals surface area contributed by atoms with Crippen molar-refractivity contribution in [3.8, 4) is 0 Å². The molecule has 4 rings (SSSR count). The van der Waals surface area contributed by atoms with Gasteiger partial charge in [-0.1, -0.05) is 6.92 Å². The number of likely N-dealkylation sites (N-methyl/N-ethyl adjacent to an activating group) is 2. The molecule has 9 nitrogen and oxygen atoms in total. The van der Waals surface area contributed by atoms with Crippen LogP contribution in [0.5, 0.6) is 0 Å². The van der Waals surface area contributed by atoms with Crippen molar-refractivity contribution in [1.29, 1.82) is 0 Å². The number of rotatable bonds is 6. The summed E-state index contributed by atoms with van der Waals surface area (Å²) in [5.41, 5.74) is 14.0. The first-order valence-corrected chi connectivity index (χ1v) is 10.9. The molecule has 9 heteroatoms. The van der Waals surface area contributed by atoms with E-state index in [-0.39, 0.29) is 11.9 Å². The Balaban J connectivity index is 1.60. The lowest BCUT2D eigenvalue weighted by atomic mass is 10.1. The van der Waals surface area contributed by atoms with E-state index in [4.69, 9.17) is 11.5 Å². The van der Waals surface area contributed by atoms with Gasteiger partial charge in [-0.15, -0.1) is 0 Å². The monoisotopic (exact) mass is 411 g/mol. The fourth-order valence-electron chi connectivity index (χ4n) is 4.46. The zero-order valence-electron chi connectivity index (χ0n) is 18.0. The molecule has 0 radical (unpaired) electrons. The minimum Gasteiger partial charge on any atom is -0.369 e. The van der Waals surface area contributed by atoms with Crippen molar-refractivity contribution >= 4 is 29.2 Å². The Morgan fingerprint density at radius 2 is 1.63 bits per heavy atom. The van der Waals surface area contributed by atoms with Crippen LogP contribution in [0.1, 0.15) is 19.8 Å². The summed E-state index contributed by atoms with van der Waals surface area (Å²) < 4.78 is 0. The molecule has 2 fully saturated rings. The van der Waals surface area contributed by atoms with Crippen LogP contribution in [0.25, 0.3) is 0 Å². The van der Waals surface area contributed by atoms with E-state index >= 15 is 0 Å². The largest absolute Gasteiger partial charge is 0.369 e. The second-order valence-corrected chi connectivity index (χ2v) is 8.19. The summed E-state index contributed by atoms with van der Waals surface area (Å²) in [7, 11) is 2.17. The molecule has 2 saturated heterocycles. The van der Waals surface area contributed by atoms with Crippen LogP contribution in [0.3, 0.4) is 0 Å². The molecule has 0 amide bonds. The van der Waals surface area contributed by atoms with Crippen molar-refractivity contribution < 1.29 is 0 Å². The third-order valence-electron chi connectivity index (χ3n) is 6.23. The maximum atomic E-state index is 5.88. The number of likely N-dealkylation sites (tertiary alicyclic amines) is 1. The molecule has 0 spiro atoms. The van der Waals surface area contributed by atoms with E-state index in [1.807, 2.05) is 0 Å². The Morgan fingerprint density at radius 3 is 2.27 bits per heavy atom. The van der Waals surface area contributed by atoms with Crippen molar-refractivity contribution in [2.45, 2.75) is 25.8 Å². The van der Waals surface area contributed by atoms with Gasteiger partial charge in [-0.05, 0) is 57.2 Å². The van der Waals surface area contributed by atoms with Crippen LogP contribution >= 0.6 is 0 Å². The van der Waals surface area contributed by atoms with Crippen LogP contribution in [0.4, 0.5) is 29.2 Å². The number of nitrogens with two attached hydrogens (primary N) is 2. The average Bonchev–Trinajstić information content (AvgIpc) is 3.19. The van der Waals surface area contributed by atoms with Gasteiger partial charge < -0.3 is 26.2 Å². The van der Waals surface area contributed by atoms with E-state index in [1.165, 1.54) is 18.5 Å². The minimum absolute atomic E-state index is 0.148. The second-order valence-electron chi connectivity index (χ2n) is 8.19.